The normalized spacial score (nSPS) is 13.2. The van der Waals surface area contributed by atoms with Gasteiger partial charge >= 0.3 is 0 Å². The van der Waals surface area contributed by atoms with Gasteiger partial charge in [-0.25, -0.2) is 0 Å². The molecule has 4 rings (SSSR count). The number of hydrogen-bond acceptors (Lipinski definition) is 7. The number of anilines is 2. The molecule has 0 radical (unpaired) electrons. The van der Waals surface area contributed by atoms with Gasteiger partial charge in [-0.3, -0.25) is 19.3 Å². The van der Waals surface area contributed by atoms with Gasteiger partial charge in [-0.15, -0.1) is 0 Å². The number of aryl methyl sites for hydroxylation is 1. The Labute approximate surface area is 226 Å². The predicted octanol–water partition coefficient (Wildman–Crippen LogP) is 5.08. The first kappa shape index (κ1) is 27.0. The number of carbonyl (C=O) groups is 3. The highest BCUT2D eigenvalue weighted by atomic mass is 32.2. The van der Waals surface area contributed by atoms with Crippen LogP contribution in [-0.4, -0.2) is 50.0 Å². The number of thioether (sulfide) groups is 1. The standard InChI is InChI=1S/C29H29N3O5S/c1-19-10-15-24(37-3)23(18-19)31-25-26(29(35)32(28(25)34)16-7-17-36-2)38-22-13-11-21(12-14-22)30-27(33)20-8-5-4-6-9-20/h4-6,8-15,18,31H,7,16-17H2,1-3H3,(H,30,33). The van der Waals surface area contributed by atoms with E-state index in [4.69, 9.17) is 9.47 Å². The average Bonchev–Trinajstić information content (AvgIpc) is 3.14. The lowest BCUT2D eigenvalue weighted by Gasteiger charge is -2.15. The lowest BCUT2D eigenvalue weighted by atomic mass is 10.2. The molecule has 0 bridgehead atoms. The van der Waals surface area contributed by atoms with Crippen molar-refractivity contribution in [3.05, 3.63) is 94.5 Å². The van der Waals surface area contributed by atoms with Gasteiger partial charge in [0.25, 0.3) is 17.7 Å². The Morgan fingerprint density at radius 3 is 2.37 bits per heavy atom. The van der Waals surface area contributed by atoms with Gasteiger partial charge in [0, 0.05) is 36.4 Å². The highest BCUT2D eigenvalue weighted by Gasteiger charge is 2.39. The van der Waals surface area contributed by atoms with E-state index >= 15 is 0 Å². The first-order chi connectivity index (χ1) is 18.4. The molecule has 38 heavy (non-hydrogen) atoms. The van der Waals surface area contributed by atoms with Gasteiger partial charge in [-0.2, -0.15) is 0 Å². The number of nitrogens with zero attached hydrogens (tertiary/aromatic N) is 1. The second-order valence-corrected chi connectivity index (χ2v) is 9.67. The van der Waals surface area contributed by atoms with Crippen molar-refractivity contribution in [3.8, 4) is 5.75 Å². The summed E-state index contributed by atoms with van der Waals surface area (Å²) >= 11 is 1.20. The quantitative estimate of drug-likeness (QED) is 0.263. The monoisotopic (exact) mass is 531 g/mol. The van der Waals surface area contributed by atoms with E-state index in [1.807, 2.05) is 31.2 Å². The minimum Gasteiger partial charge on any atom is -0.495 e. The molecule has 0 saturated heterocycles. The lowest BCUT2D eigenvalue weighted by Crippen LogP contribution is -2.33. The zero-order valence-electron chi connectivity index (χ0n) is 21.4. The molecule has 3 aromatic carbocycles. The van der Waals surface area contributed by atoms with Crippen LogP contribution in [-0.2, 0) is 14.3 Å². The molecule has 0 aliphatic carbocycles. The van der Waals surface area contributed by atoms with Crippen LogP contribution in [0, 0.1) is 6.92 Å². The molecule has 1 heterocycles. The van der Waals surface area contributed by atoms with Gasteiger partial charge in [-0.1, -0.05) is 36.0 Å². The van der Waals surface area contributed by atoms with Gasteiger partial charge in [-0.05, 0) is 67.4 Å². The summed E-state index contributed by atoms with van der Waals surface area (Å²) in [6.45, 7) is 2.62. The van der Waals surface area contributed by atoms with E-state index in [2.05, 4.69) is 10.6 Å². The third-order valence-corrected chi connectivity index (χ3v) is 6.93. The Kier molecular flexibility index (Phi) is 8.83. The van der Waals surface area contributed by atoms with E-state index in [-0.39, 0.29) is 29.0 Å². The average molecular weight is 532 g/mol. The van der Waals surface area contributed by atoms with Crippen LogP contribution < -0.4 is 15.4 Å². The minimum atomic E-state index is -0.399. The molecule has 196 valence electrons. The molecular weight excluding hydrogens is 502 g/mol. The molecule has 0 unspecified atom stereocenters. The predicted molar refractivity (Wildman–Crippen MR) is 148 cm³/mol. The summed E-state index contributed by atoms with van der Waals surface area (Å²) in [6, 6.07) is 21.6. The smallest absolute Gasteiger partial charge is 0.278 e. The summed E-state index contributed by atoms with van der Waals surface area (Å²) in [6.07, 6.45) is 0.531. The van der Waals surface area contributed by atoms with Crippen LogP contribution in [0.2, 0.25) is 0 Å². The molecular formula is C29H29N3O5S. The van der Waals surface area contributed by atoms with Crippen molar-refractivity contribution in [2.75, 3.05) is 38.0 Å². The molecule has 0 fully saturated rings. The fourth-order valence-corrected chi connectivity index (χ4v) is 4.85. The minimum absolute atomic E-state index is 0.197. The SMILES string of the molecule is COCCCN1C(=O)C(Nc2cc(C)ccc2OC)=C(Sc2ccc(NC(=O)c3ccccc3)cc2)C1=O. The number of rotatable bonds is 11. The Morgan fingerprint density at radius 1 is 0.947 bits per heavy atom. The highest BCUT2D eigenvalue weighted by Crippen LogP contribution is 2.38. The van der Waals surface area contributed by atoms with Gasteiger partial charge in [0.2, 0.25) is 0 Å². The Balaban J connectivity index is 1.58. The summed E-state index contributed by atoms with van der Waals surface area (Å²) in [5, 5.41) is 6.02. The topological polar surface area (TPSA) is 97.0 Å². The molecule has 3 amide bonds. The number of amides is 3. The molecule has 9 heteroatoms. The zero-order valence-corrected chi connectivity index (χ0v) is 22.3. The second-order valence-electron chi connectivity index (χ2n) is 8.59. The van der Waals surface area contributed by atoms with Crippen LogP contribution >= 0.6 is 11.8 Å². The van der Waals surface area contributed by atoms with Crippen molar-refractivity contribution in [2.45, 2.75) is 18.2 Å². The molecule has 8 nitrogen and oxygen atoms in total. The number of ether oxygens (including phenoxy) is 2. The number of methoxy groups -OCH3 is 2. The number of benzene rings is 3. The van der Waals surface area contributed by atoms with E-state index in [9.17, 15) is 14.4 Å². The van der Waals surface area contributed by atoms with E-state index in [1.54, 1.807) is 62.8 Å². The van der Waals surface area contributed by atoms with Crippen molar-refractivity contribution in [3.63, 3.8) is 0 Å². The first-order valence-electron chi connectivity index (χ1n) is 12.1. The maximum atomic E-state index is 13.4. The van der Waals surface area contributed by atoms with Crippen LogP contribution in [0.5, 0.6) is 5.75 Å². The van der Waals surface area contributed by atoms with Gasteiger partial charge in [0.15, 0.2) is 0 Å². The van der Waals surface area contributed by atoms with E-state index in [0.29, 0.717) is 35.7 Å². The molecule has 0 spiro atoms. The van der Waals surface area contributed by atoms with Crippen LogP contribution in [0.15, 0.2) is 88.3 Å². The van der Waals surface area contributed by atoms with E-state index < -0.39 is 5.91 Å². The molecule has 2 N–H and O–H groups in total. The lowest BCUT2D eigenvalue weighted by molar-refractivity contribution is -0.137. The Hall–Kier alpha value is -4.08. The van der Waals surface area contributed by atoms with Crippen molar-refractivity contribution in [2.24, 2.45) is 0 Å². The molecule has 0 atom stereocenters. The number of hydrogen-bond donors (Lipinski definition) is 2. The number of imide groups is 1. The van der Waals surface area contributed by atoms with Gasteiger partial charge in [0.1, 0.15) is 16.4 Å². The molecule has 0 saturated carbocycles. The molecule has 1 aliphatic rings. The maximum absolute atomic E-state index is 13.4. The van der Waals surface area contributed by atoms with Gasteiger partial charge in [0.05, 0.1) is 12.8 Å². The molecule has 0 aromatic heterocycles. The van der Waals surface area contributed by atoms with Crippen molar-refractivity contribution >= 4 is 40.9 Å². The highest BCUT2D eigenvalue weighted by molar-refractivity contribution is 8.04. The first-order valence-corrected chi connectivity index (χ1v) is 12.9. The van der Waals surface area contributed by atoms with E-state index in [0.717, 1.165) is 10.5 Å². The summed E-state index contributed by atoms with van der Waals surface area (Å²) in [7, 11) is 3.13. The Bertz CT molecular complexity index is 1360. The van der Waals surface area contributed by atoms with Crippen molar-refractivity contribution < 1.29 is 23.9 Å². The summed E-state index contributed by atoms with van der Waals surface area (Å²) < 4.78 is 10.6. The van der Waals surface area contributed by atoms with Crippen molar-refractivity contribution in [1.29, 1.82) is 0 Å². The number of carbonyl (C=O) groups excluding carboxylic acids is 3. The fourth-order valence-electron chi connectivity index (χ4n) is 3.90. The third-order valence-electron chi connectivity index (χ3n) is 5.84. The summed E-state index contributed by atoms with van der Waals surface area (Å²) in [5.41, 5.74) is 2.95. The zero-order chi connectivity index (χ0) is 27.1. The maximum Gasteiger partial charge on any atom is 0.278 e. The van der Waals surface area contributed by atoms with E-state index in [1.165, 1.54) is 16.7 Å². The fraction of sp³-hybridized carbons (Fsp3) is 0.207. The van der Waals surface area contributed by atoms with Gasteiger partial charge < -0.3 is 20.1 Å². The van der Waals surface area contributed by atoms with Crippen LogP contribution in [0.4, 0.5) is 11.4 Å². The van der Waals surface area contributed by atoms with Crippen LogP contribution in [0.25, 0.3) is 0 Å². The van der Waals surface area contributed by atoms with Crippen molar-refractivity contribution in [1.82, 2.24) is 4.90 Å². The second kappa shape index (κ2) is 12.4. The Morgan fingerprint density at radius 2 is 1.68 bits per heavy atom. The summed E-state index contributed by atoms with van der Waals surface area (Å²) in [5.74, 6) is -0.421. The summed E-state index contributed by atoms with van der Waals surface area (Å²) in [4.78, 5) is 41.4. The largest absolute Gasteiger partial charge is 0.495 e. The molecule has 1 aliphatic heterocycles. The van der Waals surface area contributed by atoms with Crippen LogP contribution in [0.3, 0.4) is 0 Å². The molecule has 3 aromatic rings. The van der Waals surface area contributed by atoms with Crippen LogP contribution in [0.1, 0.15) is 22.3 Å². The third kappa shape index (κ3) is 6.24. The number of nitrogens with one attached hydrogen (secondary N) is 2.